The van der Waals surface area contributed by atoms with Gasteiger partial charge in [-0.1, -0.05) is 0 Å². The van der Waals surface area contributed by atoms with Crippen LogP contribution in [0.4, 0.5) is 4.79 Å². The number of urea groups is 1. The summed E-state index contributed by atoms with van der Waals surface area (Å²) in [4.78, 5) is 21.4. The first-order valence-corrected chi connectivity index (χ1v) is 5.22. The van der Waals surface area contributed by atoms with Gasteiger partial charge in [-0.2, -0.15) is 0 Å². The minimum absolute atomic E-state index is 0.00947. The summed E-state index contributed by atoms with van der Waals surface area (Å²) < 4.78 is 5.25. The number of amides is 2. The summed E-state index contributed by atoms with van der Waals surface area (Å²) in [5.41, 5.74) is 0. The SMILES string of the molecule is O=C(O)CCNC(=O)NCC1CCC=CO1. The molecule has 0 saturated carbocycles. The van der Waals surface area contributed by atoms with Crippen molar-refractivity contribution in [2.45, 2.75) is 25.4 Å². The van der Waals surface area contributed by atoms with E-state index >= 15 is 0 Å². The summed E-state index contributed by atoms with van der Waals surface area (Å²) in [5, 5.41) is 13.4. The van der Waals surface area contributed by atoms with Crippen LogP contribution in [0.2, 0.25) is 0 Å². The number of nitrogens with one attached hydrogen (secondary N) is 2. The van der Waals surface area contributed by atoms with Crippen LogP contribution in [-0.4, -0.2) is 36.3 Å². The van der Waals surface area contributed by atoms with Crippen molar-refractivity contribution in [3.05, 3.63) is 12.3 Å². The zero-order valence-corrected chi connectivity index (χ0v) is 8.94. The van der Waals surface area contributed by atoms with Crippen LogP contribution in [0.1, 0.15) is 19.3 Å². The lowest BCUT2D eigenvalue weighted by molar-refractivity contribution is -0.136. The molecule has 0 radical (unpaired) electrons. The fraction of sp³-hybridized carbons (Fsp3) is 0.600. The van der Waals surface area contributed by atoms with Crippen LogP contribution in [-0.2, 0) is 9.53 Å². The predicted molar refractivity (Wildman–Crippen MR) is 56.9 cm³/mol. The lowest BCUT2D eigenvalue weighted by Gasteiger charge is -2.19. The lowest BCUT2D eigenvalue weighted by Crippen LogP contribution is -2.41. The monoisotopic (exact) mass is 228 g/mol. The number of rotatable bonds is 5. The van der Waals surface area contributed by atoms with Gasteiger partial charge in [0.1, 0.15) is 6.10 Å². The van der Waals surface area contributed by atoms with Gasteiger partial charge >= 0.3 is 12.0 Å². The molecule has 1 unspecified atom stereocenters. The number of carbonyl (C=O) groups excluding carboxylic acids is 1. The van der Waals surface area contributed by atoms with Gasteiger partial charge in [0.05, 0.1) is 19.2 Å². The highest BCUT2D eigenvalue weighted by molar-refractivity contribution is 5.74. The first-order chi connectivity index (χ1) is 7.68. The van der Waals surface area contributed by atoms with Crippen LogP contribution in [0.3, 0.4) is 0 Å². The highest BCUT2D eigenvalue weighted by Crippen LogP contribution is 2.08. The van der Waals surface area contributed by atoms with Gasteiger partial charge in [0.2, 0.25) is 0 Å². The van der Waals surface area contributed by atoms with Gasteiger partial charge in [-0.3, -0.25) is 4.79 Å². The van der Waals surface area contributed by atoms with Gasteiger partial charge in [0.25, 0.3) is 0 Å². The lowest BCUT2D eigenvalue weighted by atomic mass is 10.1. The van der Waals surface area contributed by atoms with Crippen LogP contribution >= 0.6 is 0 Å². The normalized spacial score (nSPS) is 18.6. The van der Waals surface area contributed by atoms with E-state index in [0.717, 1.165) is 12.8 Å². The molecule has 0 aromatic carbocycles. The maximum absolute atomic E-state index is 11.2. The third kappa shape index (κ3) is 5.23. The Morgan fingerprint density at radius 2 is 2.25 bits per heavy atom. The van der Waals surface area contributed by atoms with Crippen LogP contribution in [0.15, 0.2) is 12.3 Å². The van der Waals surface area contributed by atoms with Gasteiger partial charge in [-0.25, -0.2) is 4.79 Å². The van der Waals surface area contributed by atoms with E-state index in [9.17, 15) is 9.59 Å². The number of allylic oxidation sites excluding steroid dienone is 1. The van der Waals surface area contributed by atoms with Crippen molar-refractivity contribution in [3.8, 4) is 0 Å². The van der Waals surface area contributed by atoms with Crippen LogP contribution in [0.5, 0.6) is 0 Å². The molecule has 1 rings (SSSR count). The van der Waals surface area contributed by atoms with E-state index in [-0.39, 0.29) is 25.1 Å². The molecular weight excluding hydrogens is 212 g/mol. The molecule has 0 spiro atoms. The Morgan fingerprint density at radius 3 is 2.88 bits per heavy atom. The van der Waals surface area contributed by atoms with E-state index in [2.05, 4.69) is 10.6 Å². The summed E-state index contributed by atoms with van der Waals surface area (Å²) in [6, 6.07) is -0.362. The van der Waals surface area contributed by atoms with E-state index in [1.54, 1.807) is 6.26 Å². The van der Waals surface area contributed by atoms with Gasteiger partial charge in [-0.15, -0.1) is 0 Å². The third-order valence-electron chi connectivity index (χ3n) is 2.14. The highest BCUT2D eigenvalue weighted by Gasteiger charge is 2.11. The number of hydrogen-bond acceptors (Lipinski definition) is 3. The Bertz CT molecular complexity index is 278. The molecule has 2 amide bonds. The van der Waals surface area contributed by atoms with Crippen LogP contribution < -0.4 is 10.6 Å². The molecule has 0 aliphatic carbocycles. The molecule has 0 aromatic heterocycles. The van der Waals surface area contributed by atoms with Gasteiger partial charge in [-0.05, 0) is 18.9 Å². The number of ether oxygens (including phenoxy) is 1. The van der Waals surface area contributed by atoms with Crippen molar-refractivity contribution in [2.24, 2.45) is 0 Å². The zero-order valence-electron chi connectivity index (χ0n) is 8.94. The Balaban J connectivity index is 2.05. The Labute approximate surface area is 93.7 Å². The Kier molecular flexibility index (Phi) is 5.18. The number of carboxylic acids is 1. The fourth-order valence-electron chi connectivity index (χ4n) is 1.29. The molecule has 16 heavy (non-hydrogen) atoms. The molecule has 90 valence electrons. The Hall–Kier alpha value is -1.72. The average molecular weight is 228 g/mol. The van der Waals surface area contributed by atoms with E-state index in [4.69, 9.17) is 9.84 Å². The first kappa shape index (κ1) is 12.4. The molecule has 6 heteroatoms. The smallest absolute Gasteiger partial charge is 0.314 e. The molecule has 0 fully saturated rings. The van der Waals surface area contributed by atoms with Gasteiger partial charge in [0.15, 0.2) is 0 Å². The zero-order chi connectivity index (χ0) is 11.8. The van der Waals surface area contributed by atoms with Crippen molar-refractivity contribution >= 4 is 12.0 Å². The molecule has 6 nitrogen and oxygen atoms in total. The Morgan fingerprint density at radius 1 is 1.44 bits per heavy atom. The molecule has 1 aliphatic rings. The minimum atomic E-state index is -0.930. The number of hydrogen-bond donors (Lipinski definition) is 3. The number of carboxylic acid groups (broad SMARTS) is 1. The standard InChI is InChI=1S/C10H16N2O4/c13-9(14)4-5-11-10(15)12-7-8-3-1-2-6-16-8/h2,6,8H,1,3-5,7H2,(H,13,14)(H2,11,12,15). The summed E-state index contributed by atoms with van der Waals surface area (Å²) >= 11 is 0. The van der Waals surface area contributed by atoms with E-state index in [1.165, 1.54) is 0 Å². The predicted octanol–water partition coefficient (Wildman–Crippen LogP) is 0.453. The second-order valence-electron chi connectivity index (χ2n) is 3.49. The first-order valence-electron chi connectivity index (χ1n) is 5.22. The summed E-state index contributed by atoms with van der Waals surface area (Å²) in [5.74, 6) is -0.930. The molecule has 1 aliphatic heterocycles. The van der Waals surface area contributed by atoms with E-state index in [1.807, 2.05) is 6.08 Å². The number of aliphatic carboxylic acids is 1. The third-order valence-corrected chi connectivity index (χ3v) is 2.14. The highest BCUT2D eigenvalue weighted by atomic mass is 16.5. The summed E-state index contributed by atoms with van der Waals surface area (Å²) in [6.45, 7) is 0.565. The van der Waals surface area contributed by atoms with Crippen LogP contribution in [0.25, 0.3) is 0 Å². The van der Waals surface area contributed by atoms with Crippen molar-refractivity contribution in [3.63, 3.8) is 0 Å². The summed E-state index contributed by atoms with van der Waals surface area (Å²) in [7, 11) is 0. The molecule has 0 bridgehead atoms. The van der Waals surface area contributed by atoms with Crippen molar-refractivity contribution < 1.29 is 19.4 Å². The molecule has 3 N–H and O–H groups in total. The second-order valence-corrected chi connectivity index (χ2v) is 3.49. The van der Waals surface area contributed by atoms with E-state index in [0.29, 0.717) is 6.54 Å². The molecular formula is C10H16N2O4. The maximum Gasteiger partial charge on any atom is 0.314 e. The van der Waals surface area contributed by atoms with Crippen molar-refractivity contribution in [2.75, 3.05) is 13.1 Å². The second kappa shape index (κ2) is 6.71. The van der Waals surface area contributed by atoms with E-state index < -0.39 is 5.97 Å². The molecule has 1 heterocycles. The molecule has 1 atom stereocenters. The fourth-order valence-corrected chi connectivity index (χ4v) is 1.29. The quantitative estimate of drug-likeness (QED) is 0.637. The maximum atomic E-state index is 11.2. The minimum Gasteiger partial charge on any atom is -0.497 e. The van der Waals surface area contributed by atoms with Crippen molar-refractivity contribution in [1.82, 2.24) is 10.6 Å². The van der Waals surface area contributed by atoms with Crippen LogP contribution in [0, 0.1) is 0 Å². The summed E-state index contributed by atoms with van der Waals surface area (Å²) in [6.07, 6.45) is 5.34. The molecule has 0 saturated heterocycles. The van der Waals surface area contributed by atoms with Gasteiger partial charge < -0.3 is 20.5 Å². The topological polar surface area (TPSA) is 87.7 Å². The van der Waals surface area contributed by atoms with Crippen molar-refractivity contribution in [1.29, 1.82) is 0 Å². The number of carbonyl (C=O) groups is 2. The van der Waals surface area contributed by atoms with Gasteiger partial charge in [0, 0.05) is 6.54 Å². The average Bonchev–Trinajstić information content (AvgIpc) is 2.27. The molecule has 0 aromatic rings. The largest absolute Gasteiger partial charge is 0.497 e.